The van der Waals surface area contributed by atoms with Gasteiger partial charge in [0.1, 0.15) is 0 Å². The molecule has 0 aliphatic heterocycles. The van der Waals surface area contributed by atoms with Crippen molar-refractivity contribution < 1.29 is 0 Å². The molecule has 0 spiro atoms. The molecule has 2 saturated carbocycles. The first-order valence-electron chi connectivity index (χ1n) is 9.45. The third kappa shape index (κ3) is 4.96. The average Bonchev–Trinajstić information content (AvgIpc) is 2.45. The molecular formula is C19H38N2. The van der Waals surface area contributed by atoms with Crippen molar-refractivity contribution in [2.75, 3.05) is 26.7 Å². The van der Waals surface area contributed by atoms with Crippen LogP contribution < -0.4 is 5.32 Å². The van der Waals surface area contributed by atoms with Crippen molar-refractivity contribution in [1.82, 2.24) is 10.2 Å². The molecule has 0 aromatic rings. The van der Waals surface area contributed by atoms with Crippen molar-refractivity contribution in [2.45, 2.75) is 78.2 Å². The van der Waals surface area contributed by atoms with Crippen LogP contribution in [-0.2, 0) is 0 Å². The summed E-state index contributed by atoms with van der Waals surface area (Å²) in [7, 11) is 2.40. The van der Waals surface area contributed by atoms with Gasteiger partial charge in [0.15, 0.2) is 0 Å². The maximum absolute atomic E-state index is 3.67. The average molecular weight is 295 g/mol. The molecule has 2 rings (SSSR count). The molecule has 0 heterocycles. The molecular weight excluding hydrogens is 256 g/mol. The lowest BCUT2D eigenvalue weighted by Gasteiger charge is -2.45. The number of nitrogens with zero attached hydrogens (tertiary/aromatic N) is 1. The smallest absolute Gasteiger partial charge is 0.00949 e. The van der Waals surface area contributed by atoms with Crippen LogP contribution in [0.2, 0.25) is 0 Å². The minimum Gasteiger partial charge on any atom is -0.316 e. The second-order valence-electron chi connectivity index (χ2n) is 8.32. The summed E-state index contributed by atoms with van der Waals surface area (Å²) in [6, 6.07) is 0.837. The lowest BCUT2D eigenvalue weighted by molar-refractivity contribution is 0.0568. The molecule has 124 valence electrons. The van der Waals surface area contributed by atoms with Crippen molar-refractivity contribution in [3.8, 4) is 0 Å². The monoisotopic (exact) mass is 294 g/mol. The summed E-state index contributed by atoms with van der Waals surface area (Å²) in [4.78, 5) is 2.73. The second kappa shape index (κ2) is 7.97. The number of hydrogen-bond acceptors (Lipinski definition) is 2. The predicted octanol–water partition coefficient (Wildman–Crippen LogP) is 4.30. The van der Waals surface area contributed by atoms with E-state index in [1.54, 1.807) is 0 Å². The van der Waals surface area contributed by atoms with E-state index in [0.717, 1.165) is 24.4 Å². The van der Waals surface area contributed by atoms with E-state index < -0.39 is 0 Å². The van der Waals surface area contributed by atoms with E-state index in [4.69, 9.17) is 0 Å². The van der Waals surface area contributed by atoms with Crippen molar-refractivity contribution >= 4 is 0 Å². The summed E-state index contributed by atoms with van der Waals surface area (Å²) in [5, 5.41) is 3.67. The summed E-state index contributed by atoms with van der Waals surface area (Å²) >= 11 is 0. The third-order valence-corrected chi connectivity index (χ3v) is 6.05. The first kappa shape index (κ1) is 17.3. The van der Waals surface area contributed by atoms with Gasteiger partial charge in [-0.05, 0) is 56.5 Å². The Balaban J connectivity index is 1.96. The fraction of sp³-hybridized carbons (Fsp3) is 1.00. The van der Waals surface area contributed by atoms with Gasteiger partial charge >= 0.3 is 0 Å². The van der Waals surface area contributed by atoms with Gasteiger partial charge in [-0.25, -0.2) is 0 Å². The van der Waals surface area contributed by atoms with Gasteiger partial charge in [-0.1, -0.05) is 46.5 Å². The van der Waals surface area contributed by atoms with E-state index in [2.05, 4.69) is 38.0 Å². The Morgan fingerprint density at radius 1 is 1.10 bits per heavy atom. The van der Waals surface area contributed by atoms with Crippen LogP contribution >= 0.6 is 0 Å². The normalized spacial score (nSPS) is 37.9. The quantitative estimate of drug-likeness (QED) is 0.785. The van der Waals surface area contributed by atoms with E-state index in [9.17, 15) is 0 Å². The van der Waals surface area contributed by atoms with Gasteiger partial charge in [0.05, 0.1) is 0 Å². The summed E-state index contributed by atoms with van der Waals surface area (Å²) in [6.07, 6.45) is 11.5. The van der Waals surface area contributed by atoms with Gasteiger partial charge in [-0.15, -0.1) is 0 Å². The summed E-state index contributed by atoms with van der Waals surface area (Å²) in [5.74, 6) is 1.84. The summed E-state index contributed by atoms with van der Waals surface area (Å²) < 4.78 is 0. The Bertz CT molecular complexity index is 304. The van der Waals surface area contributed by atoms with E-state index in [1.165, 1.54) is 64.5 Å². The molecule has 2 nitrogen and oxygen atoms in total. The highest BCUT2D eigenvalue weighted by atomic mass is 15.1. The molecule has 2 fully saturated rings. The highest BCUT2D eigenvalue weighted by Gasteiger charge is 2.37. The van der Waals surface area contributed by atoms with Crippen LogP contribution in [0.25, 0.3) is 0 Å². The van der Waals surface area contributed by atoms with Crippen molar-refractivity contribution in [3.05, 3.63) is 0 Å². The van der Waals surface area contributed by atoms with E-state index in [0.29, 0.717) is 5.41 Å². The molecule has 0 bridgehead atoms. The largest absolute Gasteiger partial charge is 0.316 e. The zero-order chi connectivity index (χ0) is 15.3. The Hall–Kier alpha value is -0.0800. The number of hydrogen-bond donors (Lipinski definition) is 1. The lowest BCUT2D eigenvalue weighted by Crippen LogP contribution is -2.49. The zero-order valence-corrected chi connectivity index (χ0v) is 15.0. The topological polar surface area (TPSA) is 15.3 Å². The maximum atomic E-state index is 3.67. The summed E-state index contributed by atoms with van der Waals surface area (Å²) in [5.41, 5.74) is 0.531. The van der Waals surface area contributed by atoms with Crippen LogP contribution in [0, 0.1) is 17.3 Å². The van der Waals surface area contributed by atoms with Crippen LogP contribution in [-0.4, -0.2) is 37.6 Å². The molecule has 4 unspecified atom stereocenters. The van der Waals surface area contributed by atoms with Gasteiger partial charge in [0.25, 0.3) is 0 Å². The minimum atomic E-state index is 0.531. The van der Waals surface area contributed by atoms with Gasteiger partial charge in [0.2, 0.25) is 0 Å². The van der Waals surface area contributed by atoms with Crippen molar-refractivity contribution in [3.63, 3.8) is 0 Å². The van der Waals surface area contributed by atoms with E-state index in [1.807, 2.05) is 0 Å². The molecule has 0 aromatic carbocycles. The molecule has 0 radical (unpaired) electrons. The van der Waals surface area contributed by atoms with Gasteiger partial charge in [-0.2, -0.15) is 0 Å². The van der Waals surface area contributed by atoms with Crippen LogP contribution in [0.3, 0.4) is 0 Å². The maximum Gasteiger partial charge on any atom is 0.00949 e. The number of rotatable bonds is 6. The fourth-order valence-corrected chi connectivity index (χ4v) is 4.98. The molecule has 0 saturated heterocycles. The van der Waals surface area contributed by atoms with E-state index >= 15 is 0 Å². The molecule has 0 amide bonds. The molecule has 21 heavy (non-hydrogen) atoms. The molecule has 2 aliphatic rings. The van der Waals surface area contributed by atoms with Gasteiger partial charge in [0, 0.05) is 19.1 Å². The van der Waals surface area contributed by atoms with Gasteiger partial charge in [-0.3, -0.25) is 0 Å². The number of nitrogens with one attached hydrogen (secondary N) is 1. The third-order valence-electron chi connectivity index (χ3n) is 6.05. The SMILES string of the molecule is CCNCC1(CN(C)C2CCCC(C)C2)CCCC(C)C1. The first-order chi connectivity index (χ1) is 10.0. The lowest BCUT2D eigenvalue weighted by atomic mass is 9.69. The van der Waals surface area contributed by atoms with Crippen molar-refractivity contribution in [1.29, 1.82) is 0 Å². The highest BCUT2D eigenvalue weighted by Crippen LogP contribution is 2.40. The van der Waals surface area contributed by atoms with Crippen molar-refractivity contribution in [2.24, 2.45) is 17.3 Å². The standard InChI is InChI=1S/C19H38N2/c1-5-20-14-19(11-7-9-17(3)13-19)15-21(4)18-10-6-8-16(2)12-18/h16-18,20H,5-15H2,1-4H3. The van der Waals surface area contributed by atoms with E-state index in [-0.39, 0.29) is 0 Å². The van der Waals surface area contributed by atoms with Crippen LogP contribution in [0.5, 0.6) is 0 Å². The Labute approximate surface area is 133 Å². The Morgan fingerprint density at radius 3 is 2.52 bits per heavy atom. The van der Waals surface area contributed by atoms with Gasteiger partial charge < -0.3 is 10.2 Å². The summed E-state index contributed by atoms with van der Waals surface area (Å²) in [6.45, 7) is 10.8. The molecule has 1 N–H and O–H groups in total. The molecule has 0 aromatic heterocycles. The zero-order valence-electron chi connectivity index (χ0n) is 15.0. The minimum absolute atomic E-state index is 0.531. The predicted molar refractivity (Wildman–Crippen MR) is 92.7 cm³/mol. The Kier molecular flexibility index (Phi) is 6.55. The van der Waals surface area contributed by atoms with Crippen LogP contribution in [0.15, 0.2) is 0 Å². The highest BCUT2D eigenvalue weighted by molar-refractivity contribution is 4.91. The molecule has 4 atom stereocenters. The Morgan fingerprint density at radius 2 is 1.86 bits per heavy atom. The second-order valence-corrected chi connectivity index (χ2v) is 8.32. The molecule has 2 heteroatoms. The molecule has 2 aliphatic carbocycles. The van der Waals surface area contributed by atoms with Crippen LogP contribution in [0.4, 0.5) is 0 Å². The fourth-order valence-electron chi connectivity index (χ4n) is 4.98. The van der Waals surface area contributed by atoms with Crippen LogP contribution in [0.1, 0.15) is 72.1 Å². The first-order valence-corrected chi connectivity index (χ1v) is 9.45.